The van der Waals surface area contributed by atoms with Crippen LogP contribution in [0.4, 0.5) is 0 Å². The number of carbonyl (C=O) groups excluding carboxylic acids is 4. The molecule has 2 aliphatic carbocycles. The number of aromatic hydroxyl groups is 2. The van der Waals surface area contributed by atoms with Crippen molar-refractivity contribution in [1.29, 1.82) is 0 Å². The zero-order valence-corrected chi connectivity index (χ0v) is 34.1. The number of imidazole rings is 1. The summed E-state index contributed by atoms with van der Waals surface area (Å²) in [5.74, 6) is -3.32. The lowest BCUT2D eigenvalue weighted by atomic mass is 9.72. The van der Waals surface area contributed by atoms with E-state index >= 15 is 0 Å². The number of methoxy groups -OCH3 is 1. The molecule has 9 atom stereocenters. The number of hydrogen-bond acceptors (Lipinski definition) is 16. The lowest BCUT2D eigenvalue weighted by molar-refractivity contribution is -0.281. The molecule has 17 nitrogen and oxygen atoms in total. The number of nitrogens with two attached hydrogens (primary N) is 1. The number of esters is 1. The van der Waals surface area contributed by atoms with Crippen molar-refractivity contribution < 1.29 is 68.0 Å². The molecular weight excluding hydrogens is 782 g/mol. The number of hydrogen-bond donors (Lipinski definition) is 5. The summed E-state index contributed by atoms with van der Waals surface area (Å²) < 4.78 is 36.5. The number of benzene rings is 2. The highest BCUT2D eigenvalue weighted by Crippen LogP contribution is 2.52. The molecule has 3 aliphatic heterocycles. The summed E-state index contributed by atoms with van der Waals surface area (Å²) >= 11 is 0. The van der Waals surface area contributed by atoms with Gasteiger partial charge in [0, 0.05) is 73.5 Å². The minimum atomic E-state index is -2.24. The number of cyclic esters (lactones) is 1. The summed E-state index contributed by atoms with van der Waals surface area (Å²) in [6.07, 6.45) is 3.35. The summed E-state index contributed by atoms with van der Waals surface area (Å²) in [5, 5.41) is 44.2. The Kier molecular flexibility index (Phi) is 12.8. The van der Waals surface area contributed by atoms with E-state index in [0.29, 0.717) is 19.1 Å². The number of aliphatic hydroxyl groups excluding tert-OH is 1. The molecule has 324 valence electrons. The summed E-state index contributed by atoms with van der Waals surface area (Å²) in [6.45, 7) is 3.94. The maximum Gasteiger partial charge on any atom is 0.309 e. The highest BCUT2D eigenvalue weighted by atomic mass is 16.7. The van der Waals surface area contributed by atoms with Crippen LogP contribution < -0.4 is 10.5 Å². The van der Waals surface area contributed by atoms with E-state index in [-0.39, 0.29) is 46.3 Å². The molecule has 0 amide bonds. The van der Waals surface area contributed by atoms with Crippen molar-refractivity contribution in [2.24, 2.45) is 24.6 Å². The molecule has 1 aromatic heterocycles. The number of Topliss-reactive ketones (excluding diaryl/α,β-unsaturated/α-hetero) is 1. The fraction of sp³-hybridized carbons (Fsp3) is 0.558. The number of ether oxygens (including phenoxy) is 6. The van der Waals surface area contributed by atoms with Gasteiger partial charge in [0.05, 0.1) is 54.9 Å². The molecule has 0 unspecified atom stereocenters. The molecule has 0 saturated carbocycles. The number of aryl methyl sites for hydroxylation is 1. The first-order chi connectivity index (χ1) is 28.7. The summed E-state index contributed by atoms with van der Waals surface area (Å²) in [7, 11) is 3.31. The minimum Gasteiger partial charge on any atom is -0.507 e. The second kappa shape index (κ2) is 17.7. The molecule has 6 N–H and O–H groups in total. The number of aliphatic hydroxyl groups is 2. The van der Waals surface area contributed by atoms with E-state index in [4.69, 9.17) is 34.2 Å². The quantitative estimate of drug-likeness (QED) is 0.114. The second-order valence-corrected chi connectivity index (χ2v) is 16.2. The zero-order chi connectivity index (χ0) is 43.0. The monoisotopic (exact) mass is 835 g/mol. The van der Waals surface area contributed by atoms with Gasteiger partial charge >= 0.3 is 5.97 Å². The summed E-state index contributed by atoms with van der Waals surface area (Å²) in [5.41, 5.74) is 4.14. The van der Waals surface area contributed by atoms with E-state index < -0.39 is 102 Å². The standard InChI is InChI=1S/C32H37NO12.C11H16N2O2/c1-14-31(45-21-8-3-4-9-42-21)17(33)10-22(43-14)44-19-12-32(40,20(35)13-34)11-16-24(19)30(39)26-25(28(16)37)27(36)15-6-5-7-18(41-2)23(15)29(26)38;1-3-10-8(6-15-11(10)14)4-9-5-12-7-13(9)2/h5-7,14,17,19,21-22,31,34,37,39-40H,3-4,8-13,33H2,1-2H3;5,7-8,10H,3-4,6H2,1-2H3/t14-,17-,19-,21+,22-,31+,32-;8-,10-/m00/s1. The van der Waals surface area contributed by atoms with Gasteiger partial charge in [-0.15, -0.1) is 0 Å². The third-order valence-corrected chi connectivity index (χ3v) is 12.4. The van der Waals surface area contributed by atoms with Crippen LogP contribution in [0.25, 0.3) is 0 Å². The molecule has 0 bridgehead atoms. The van der Waals surface area contributed by atoms with Gasteiger partial charge in [0.15, 0.2) is 24.1 Å². The van der Waals surface area contributed by atoms with E-state index in [0.717, 1.165) is 37.8 Å². The van der Waals surface area contributed by atoms with Gasteiger partial charge in [0.1, 0.15) is 35.6 Å². The molecule has 0 radical (unpaired) electrons. The van der Waals surface area contributed by atoms with E-state index in [1.54, 1.807) is 13.3 Å². The number of nitrogens with zero attached hydrogens (tertiary/aromatic N) is 2. The van der Waals surface area contributed by atoms with Crippen molar-refractivity contribution in [3.05, 3.63) is 69.8 Å². The minimum absolute atomic E-state index is 0.0373. The molecule has 8 rings (SSSR count). The van der Waals surface area contributed by atoms with E-state index in [9.17, 15) is 39.6 Å². The predicted molar refractivity (Wildman–Crippen MR) is 209 cm³/mol. The lowest BCUT2D eigenvalue weighted by Gasteiger charge is -2.43. The number of ketones is 3. The summed E-state index contributed by atoms with van der Waals surface area (Å²) in [4.78, 5) is 55.7. The Morgan fingerprint density at radius 3 is 2.48 bits per heavy atom. The van der Waals surface area contributed by atoms with Gasteiger partial charge in [-0.05, 0) is 45.1 Å². The highest BCUT2D eigenvalue weighted by molar-refractivity contribution is 6.31. The van der Waals surface area contributed by atoms with Crippen molar-refractivity contribution in [2.45, 2.75) is 108 Å². The maximum absolute atomic E-state index is 13.8. The number of carbonyl (C=O) groups is 4. The van der Waals surface area contributed by atoms with Gasteiger partial charge in [-0.25, -0.2) is 4.98 Å². The van der Waals surface area contributed by atoms with Crippen LogP contribution >= 0.6 is 0 Å². The van der Waals surface area contributed by atoms with Gasteiger partial charge in [-0.2, -0.15) is 0 Å². The van der Waals surface area contributed by atoms with Crippen molar-refractivity contribution in [1.82, 2.24) is 9.55 Å². The van der Waals surface area contributed by atoms with Gasteiger partial charge in [-0.1, -0.05) is 19.1 Å². The Morgan fingerprint density at radius 2 is 1.83 bits per heavy atom. The van der Waals surface area contributed by atoms with Gasteiger partial charge < -0.3 is 59.1 Å². The normalized spacial score (nSPS) is 29.8. The van der Waals surface area contributed by atoms with E-state index in [1.807, 2.05) is 24.7 Å². The zero-order valence-electron chi connectivity index (χ0n) is 34.1. The van der Waals surface area contributed by atoms with Crippen LogP contribution in [0.5, 0.6) is 17.2 Å². The van der Waals surface area contributed by atoms with Gasteiger partial charge in [-0.3, -0.25) is 19.2 Å². The second-order valence-electron chi connectivity index (χ2n) is 16.2. The number of aromatic nitrogens is 2. The first-order valence-corrected chi connectivity index (χ1v) is 20.4. The molecule has 3 fully saturated rings. The molecule has 17 heteroatoms. The highest BCUT2D eigenvalue weighted by Gasteiger charge is 2.50. The Morgan fingerprint density at radius 1 is 1.07 bits per heavy atom. The fourth-order valence-electron chi connectivity index (χ4n) is 9.10. The van der Waals surface area contributed by atoms with Crippen LogP contribution in [0.3, 0.4) is 0 Å². The topological polar surface area (TPSA) is 248 Å². The average Bonchev–Trinajstić information content (AvgIpc) is 3.81. The molecule has 60 heavy (non-hydrogen) atoms. The number of phenolic OH excluding ortho intramolecular Hbond substituents is 2. The van der Waals surface area contributed by atoms with Crippen LogP contribution in [0, 0.1) is 11.8 Å². The van der Waals surface area contributed by atoms with Crippen LogP contribution in [0.1, 0.15) is 107 Å². The average molecular weight is 836 g/mol. The van der Waals surface area contributed by atoms with Crippen molar-refractivity contribution >= 4 is 23.3 Å². The Hall–Kier alpha value is -4.75. The molecule has 5 aliphatic rings. The third kappa shape index (κ3) is 8.07. The first kappa shape index (κ1) is 43.3. The van der Waals surface area contributed by atoms with Crippen LogP contribution in [-0.2, 0) is 53.2 Å². The lowest BCUT2D eigenvalue weighted by Crippen LogP contribution is -2.55. The fourth-order valence-corrected chi connectivity index (χ4v) is 9.10. The van der Waals surface area contributed by atoms with Crippen molar-refractivity contribution in [3.8, 4) is 17.2 Å². The Bertz CT molecular complexity index is 2120. The SMILES string of the molecule is CC[C@@H]1C(=O)OC[C@@H]1Cc1cncn1C.COc1cccc2c1C(=O)c1c(O)c3c(c(O)c1C2=O)C[C@@](O)(C(=O)CO)C[C@@H]3O[C@H]1C[C@H](N)[C@H](O[C@@H]2CCCCO2)[C@H](C)O1. The molecule has 3 saturated heterocycles. The van der Waals surface area contributed by atoms with Crippen molar-refractivity contribution in [2.75, 3.05) is 26.9 Å². The number of rotatable bonds is 10. The number of phenols is 2. The van der Waals surface area contributed by atoms with E-state index in [1.165, 1.54) is 25.3 Å². The number of fused-ring (bicyclic) bond motifs is 3. The molecule has 3 aromatic rings. The predicted octanol–water partition coefficient (Wildman–Crippen LogP) is 2.71. The first-order valence-electron chi connectivity index (χ1n) is 20.4. The van der Waals surface area contributed by atoms with Crippen LogP contribution in [0.2, 0.25) is 0 Å². The smallest absolute Gasteiger partial charge is 0.309 e. The molecule has 4 heterocycles. The largest absolute Gasteiger partial charge is 0.507 e. The van der Waals surface area contributed by atoms with Crippen LogP contribution in [0.15, 0.2) is 30.7 Å². The summed E-state index contributed by atoms with van der Waals surface area (Å²) in [6, 6.07) is 3.86. The van der Waals surface area contributed by atoms with Gasteiger partial charge in [0.2, 0.25) is 5.78 Å². The molecular formula is C43H53N3O14. The van der Waals surface area contributed by atoms with E-state index in [2.05, 4.69) is 4.98 Å². The molecule has 0 spiro atoms. The Balaban J connectivity index is 0.000000304. The van der Waals surface area contributed by atoms with Gasteiger partial charge in [0.25, 0.3) is 0 Å². The third-order valence-electron chi connectivity index (χ3n) is 12.4. The van der Waals surface area contributed by atoms with Crippen LogP contribution in [-0.4, -0.2) is 117 Å². The maximum atomic E-state index is 13.8. The Labute approximate surface area is 346 Å². The molecule has 2 aromatic carbocycles. The van der Waals surface area contributed by atoms with Crippen molar-refractivity contribution in [3.63, 3.8) is 0 Å².